The Morgan fingerprint density at radius 3 is 1.05 bits per heavy atom. The quantitative estimate of drug-likeness (QED) is 0.0950. The van der Waals surface area contributed by atoms with Crippen LogP contribution in [0.2, 0.25) is 0 Å². The summed E-state index contributed by atoms with van der Waals surface area (Å²) < 4.78 is 0. The average molecular weight is 1390 g/mol. The van der Waals surface area contributed by atoms with E-state index >= 15 is 0 Å². The summed E-state index contributed by atoms with van der Waals surface area (Å²) in [7, 11) is 7.32. The molecular weight excluding hydrogens is 1280 g/mol. The molecule has 1 saturated heterocycles. The van der Waals surface area contributed by atoms with Crippen molar-refractivity contribution in [2.24, 2.45) is 35.5 Å². The molecule has 32 heteroatoms. The fourth-order valence-corrected chi connectivity index (χ4v) is 11.2. The van der Waals surface area contributed by atoms with Crippen LogP contribution in [0.1, 0.15) is 109 Å². The minimum absolute atomic E-state index is 0.126. The van der Waals surface area contributed by atoms with Crippen LogP contribution >= 0.6 is 0 Å². The normalized spacial score (nSPS) is 27.1. The van der Waals surface area contributed by atoms with Crippen LogP contribution in [0.3, 0.4) is 0 Å². The third-order valence-corrected chi connectivity index (χ3v) is 17.5. The van der Waals surface area contributed by atoms with E-state index in [-0.39, 0.29) is 6.42 Å². The first-order valence-corrected chi connectivity index (χ1v) is 33.0. The third-order valence-electron chi connectivity index (χ3n) is 17.5. The number of carbonyl (C=O) groups is 14. The molecule has 1 aliphatic rings. The lowest BCUT2D eigenvalue weighted by Crippen LogP contribution is -2.64. The van der Waals surface area contributed by atoms with Gasteiger partial charge in [-0.25, -0.2) is 0 Å². The summed E-state index contributed by atoms with van der Waals surface area (Å²) in [5, 5.41) is 63.7. The minimum Gasteiger partial charge on any atom is -0.394 e. The third kappa shape index (κ3) is 22.9. The molecular formula is C66H110N14O18. The van der Waals surface area contributed by atoms with Gasteiger partial charge >= 0.3 is 0 Å². The number of benzene rings is 1. The number of nitrogens with one attached hydrogen (secondary N) is 8. The molecule has 14 amide bonds. The number of hydrogen-bond acceptors (Lipinski definition) is 18. The number of rotatable bonds is 12. The van der Waals surface area contributed by atoms with E-state index in [1.165, 1.54) is 63.1 Å². The maximum absolute atomic E-state index is 14.6. The molecule has 2 rings (SSSR count). The van der Waals surface area contributed by atoms with Crippen molar-refractivity contribution in [3.05, 3.63) is 35.9 Å². The van der Waals surface area contributed by atoms with Crippen LogP contribution in [-0.2, 0) is 73.5 Å². The van der Waals surface area contributed by atoms with Gasteiger partial charge in [-0.1, -0.05) is 113 Å². The lowest BCUT2D eigenvalue weighted by Gasteiger charge is -2.37. The SMILES string of the molecule is CC(C)[C@@H]1NC(=O)CNC(=O)[C@H](Cc2ccccc2)N(C)C(=O)[C@H](C(C)C)NC(=O)[C@H](CO)NC(=O)[C@H](C(C)C)N(C)C(=O)[C@H](CO)N(C)C(=O)[C@H](C(C)C)NC(=O)CNC(=O)[C@H](C)N(C)C(=O)[C@H](C(C)C)NC(=O)[C@H]([C@@H](C)O)N(C)C(=O)[C@H](C(C)C)NC(=O)[C@H]([C@@H](C)O)N(C)C1=O. The van der Waals surface area contributed by atoms with E-state index < -0.39 is 229 Å². The van der Waals surface area contributed by atoms with Gasteiger partial charge in [0, 0.05) is 48.7 Å². The Morgan fingerprint density at radius 2 is 0.694 bits per heavy atom. The number of nitrogens with zero attached hydrogens (tertiary/aromatic N) is 6. The van der Waals surface area contributed by atoms with Crippen LogP contribution in [0.4, 0.5) is 0 Å². The zero-order valence-electron chi connectivity index (χ0n) is 60.7. The summed E-state index contributed by atoms with van der Waals surface area (Å²) in [6.45, 7) is 19.1. The van der Waals surface area contributed by atoms with Crippen molar-refractivity contribution in [1.29, 1.82) is 0 Å². The molecule has 552 valence electrons. The van der Waals surface area contributed by atoms with Gasteiger partial charge in [-0.3, -0.25) is 67.1 Å². The molecule has 32 nitrogen and oxygen atoms in total. The highest BCUT2D eigenvalue weighted by atomic mass is 16.3. The summed E-state index contributed by atoms with van der Waals surface area (Å²) in [5.41, 5.74) is 0.573. The van der Waals surface area contributed by atoms with Crippen molar-refractivity contribution in [3.63, 3.8) is 0 Å². The zero-order valence-corrected chi connectivity index (χ0v) is 60.7. The molecule has 1 aromatic rings. The van der Waals surface area contributed by atoms with Gasteiger partial charge in [0.15, 0.2) is 0 Å². The Hall–Kier alpha value is -8.36. The number of aliphatic hydroxyl groups is 4. The first-order valence-electron chi connectivity index (χ1n) is 33.0. The number of likely N-dealkylation sites (N-methyl/N-ethyl adjacent to an activating group) is 6. The summed E-state index contributed by atoms with van der Waals surface area (Å²) in [6, 6.07) is -9.59. The average Bonchev–Trinajstić information content (AvgIpc) is 0.825. The monoisotopic (exact) mass is 1390 g/mol. The van der Waals surface area contributed by atoms with Crippen LogP contribution < -0.4 is 42.5 Å². The van der Waals surface area contributed by atoms with Gasteiger partial charge in [-0.2, -0.15) is 0 Å². The Morgan fingerprint density at radius 1 is 0.367 bits per heavy atom. The number of aliphatic hydroxyl groups excluding tert-OH is 4. The summed E-state index contributed by atoms with van der Waals surface area (Å²) in [6.07, 6.45) is -3.36. The van der Waals surface area contributed by atoms with Crippen molar-refractivity contribution in [1.82, 2.24) is 71.9 Å². The van der Waals surface area contributed by atoms with E-state index in [4.69, 9.17) is 0 Å². The molecule has 14 atom stereocenters. The molecule has 1 heterocycles. The first-order chi connectivity index (χ1) is 45.4. The molecule has 0 aliphatic carbocycles. The van der Waals surface area contributed by atoms with Gasteiger partial charge in [0.25, 0.3) is 0 Å². The van der Waals surface area contributed by atoms with Gasteiger partial charge in [-0.15, -0.1) is 0 Å². The van der Waals surface area contributed by atoms with E-state index in [9.17, 15) is 87.5 Å². The molecule has 0 unspecified atom stereocenters. The Balaban J connectivity index is 2.83. The van der Waals surface area contributed by atoms with E-state index in [0.29, 0.717) is 5.56 Å². The maximum Gasteiger partial charge on any atom is 0.248 e. The molecule has 0 bridgehead atoms. The lowest BCUT2D eigenvalue weighted by atomic mass is 9.98. The van der Waals surface area contributed by atoms with E-state index in [1.807, 2.05) is 0 Å². The zero-order chi connectivity index (χ0) is 75.4. The second-order valence-corrected chi connectivity index (χ2v) is 27.3. The van der Waals surface area contributed by atoms with E-state index in [2.05, 4.69) is 42.5 Å². The molecule has 0 radical (unpaired) electrons. The second kappa shape index (κ2) is 38.7. The van der Waals surface area contributed by atoms with Crippen LogP contribution in [0.5, 0.6) is 0 Å². The van der Waals surface area contributed by atoms with Crippen molar-refractivity contribution >= 4 is 82.7 Å². The first kappa shape index (κ1) is 85.7. The highest BCUT2D eigenvalue weighted by Crippen LogP contribution is 2.20. The predicted molar refractivity (Wildman–Crippen MR) is 359 cm³/mol. The molecule has 0 aromatic heterocycles. The predicted octanol–water partition coefficient (Wildman–Crippen LogP) is -3.95. The molecule has 0 spiro atoms. The molecule has 98 heavy (non-hydrogen) atoms. The summed E-state index contributed by atoms with van der Waals surface area (Å²) in [4.78, 5) is 204. The second-order valence-electron chi connectivity index (χ2n) is 27.3. The van der Waals surface area contributed by atoms with Gasteiger partial charge in [0.05, 0.1) is 38.5 Å². The Bertz CT molecular complexity index is 2960. The fraction of sp³-hybridized carbons (Fsp3) is 0.697. The summed E-state index contributed by atoms with van der Waals surface area (Å²) in [5.74, 6) is -17.1. The maximum atomic E-state index is 14.6. The highest BCUT2D eigenvalue weighted by molar-refractivity contribution is 6.00. The van der Waals surface area contributed by atoms with E-state index in [0.717, 1.165) is 29.4 Å². The van der Waals surface area contributed by atoms with Gasteiger partial charge in [0.2, 0.25) is 82.7 Å². The Labute approximate surface area is 575 Å². The van der Waals surface area contributed by atoms with Crippen LogP contribution in [0.25, 0.3) is 0 Å². The van der Waals surface area contributed by atoms with Crippen LogP contribution in [0, 0.1) is 35.5 Å². The largest absolute Gasteiger partial charge is 0.394 e. The Kier molecular flexibility index (Phi) is 33.9. The molecule has 1 aromatic carbocycles. The molecule has 12 N–H and O–H groups in total. The fourth-order valence-electron chi connectivity index (χ4n) is 11.2. The number of amides is 14. The standard InChI is InChI=1S/C66H110N14O18/c1-32(2)47-63(95)77(18)44(31-82)61(93)78(19)52(37(11)12)58(90)69-42(30-81)56(88)72-50(35(7)8)64(96)76(17)43(27-41-25-23-22-24-26-41)57(89)68-29-46(86)71-48(33(3)4)65(97)79(20)53(39(14)83)60(92)74-51(36(9)10)66(98)80(21)54(40(15)84)59(91)73-49(34(5)6)62(94)75(16)38(13)55(87)67-28-45(85)70-47/h22-26,32-40,42-44,47-54,81-84H,27-31H2,1-21H3,(H,67,87)(H,68,89)(H,69,90)(H,70,85)(H,71,86)(H,72,88)(H,73,91)(H,74,92)/t38-,39+,40+,42-,43-,44-,47-,48-,49-,50-,51-,52-,53-,54-/m0/s1. The van der Waals surface area contributed by atoms with Crippen molar-refractivity contribution in [2.45, 2.75) is 195 Å². The molecule has 1 aliphatic heterocycles. The number of carbonyl (C=O) groups excluding carboxylic acids is 14. The van der Waals surface area contributed by atoms with Gasteiger partial charge in [-0.05, 0) is 61.8 Å². The number of hydrogen-bond donors (Lipinski definition) is 12. The molecule has 1 fully saturated rings. The van der Waals surface area contributed by atoms with Crippen molar-refractivity contribution in [3.8, 4) is 0 Å². The lowest BCUT2D eigenvalue weighted by molar-refractivity contribution is -0.152. The smallest absolute Gasteiger partial charge is 0.248 e. The van der Waals surface area contributed by atoms with Crippen molar-refractivity contribution in [2.75, 3.05) is 68.6 Å². The van der Waals surface area contributed by atoms with Crippen LogP contribution in [-0.4, -0.2) is 286 Å². The van der Waals surface area contributed by atoms with Gasteiger partial charge < -0.3 is 92.4 Å². The van der Waals surface area contributed by atoms with Crippen LogP contribution in [0.15, 0.2) is 30.3 Å². The van der Waals surface area contributed by atoms with Crippen molar-refractivity contribution < 1.29 is 87.5 Å². The molecule has 0 saturated carbocycles. The highest BCUT2D eigenvalue weighted by Gasteiger charge is 2.45. The summed E-state index contributed by atoms with van der Waals surface area (Å²) >= 11 is 0. The van der Waals surface area contributed by atoms with E-state index in [1.54, 1.807) is 113 Å². The topological polar surface area (TPSA) is 436 Å². The minimum atomic E-state index is -1.75. The van der Waals surface area contributed by atoms with Gasteiger partial charge in [0.1, 0.15) is 72.5 Å².